The molecule has 3 aromatic rings. The maximum Gasteiger partial charge on any atom is 0.282 e. The molecule has 1 saturated heterocycles. The van der Waals surface area contributed by atoms with Crippen molar-refractivity contribution in [1.29, 1.82) is 0 Å². The average molecular weight is 532 g/mol. The molecule has 0 radical (unpaired) electrons. The van der Waals surface area contributed by atoms with Gasteiger partial charge in [0.2, 0.25) is 0 Å². The van der Waals surface area contributed by atoms with Gasteiger partial charge in [-0.3, -0.25) is 15.0 Å². The van der Waals surface area contributed by atoms with E-state index < -0.39 is 11.8 Å². The Balaban J connectivity index is 1.65. The van der Waals surface area contributed by atoms with Crippen LogP contribution in [0.25, 0.3) is 6.08 Å². The number of benzene rings is 3. The summed E-state index contributed by atoms with van der Waals surface area (Å²) >= 11 is 9.92. The van der Waals surface area contributed by atoms with Crippen molar-refractivity contribution in [2.45, 2.75) is 6.61 Å². The topological polar surface area (TPSA) is 67.9 Å². The number of ether oxygens (including phenoxy) is 2. The van der Waals surface area contributed by atoms with Crippen LogP contribution >= 0.6 is 27.5 Å². The maximum absolute atomic E-state index is 13.4. The highest BCUT2D eigenvalue weighted by Crippen LogP contribution is 2.43. The first-order valence-electron chi connectivity index (χ1n) is 9.74. The molecule has 4 rings (SSSR count). The molecule has 1 aliphatic heterocycles. The van der Waals surface area contributed by atoms with Crippen LogP contribution in [0.15, 0.2) is 70.7 Å². The molecule has 0 unspecified atom stereocenters. The van der Waals surface area contributed by atoms with Crippen LogP contribution in [0.4, 0.5) is 10.1 Å². The van der Waals surface area contributed by atoms with Crippen molar-refractivity contribution in [3.8, 4) is 11.5 Å². The number of carbonyl (C=O) groups is 2. The summed E-state index contributed by atoms with van der Waals surface area (Å²) in [5, 5.41) is 1.36. The molecule has 0 saturated carbocycles. The van der Waals surface area contributed by atoms with Crippen molar-refractivity contribution in [3.63, 3.8) is 0 Å². The smallest absolute Gasteiger partial charge is 0.282 e. The van der Waals surface area contributed by atoms with Crippen molar-refractivity contribution >= 4 is 51.1 Å². The molecule has 2 amide bonds. The second kappa shape index (κ2) is 9.64. The number of hydrazine groups is 1. The molecule has 0 aromatic heterocycles. The lowest BCUT2D eigenvalue weighted by Crippen LogP contribution is -2.35. The Morgan fingerprint density at radius 1 is 1.12 bits per heavy atom. The standard InChI is InChI=1S/C24H17BrClFN2O4/c1-32-19-12-15(11-18-23(30)28-29(24(18)31)17-8-3-2-4-9-17)20(25)21(26)22(19)33-13-14-6-5-7-16(27)10-14/h2-12H,13H2,1H3,(H,28,30)/b18-11-. The van der Waals surface area contributed by atoms with Gasteiger partial charge in [0.15, 0.2) is 11.5 Å². The van der Waals surface area contributed by atoms with Gasteiger partial charge in [-0.1, -0.05) is 41.9 Å². The number of carbonyl (C=O) groups excluding carboxylic acids is 2. The third kappa shape index (κ3) is 4.72. The lowest BCUT2D eigenvalue weighted by atomic mass is 10.1. The predicted octanol–water partition coefficient (Wildman–Crippen LogP) is 5.29. The van der Waals surface area contributed by atoms with Crippen LogP contribution in [-0.4, -0.2) is 18.9 Å². The molecule has 3 aromatic carbocycles. The lowest BCUT2D eigenvalue weighted by Gasteiger charge is -2.15. The van der Waals surface area contributed by atoms with E-state index in [-0.39, 0.29) is 34.5 Å². The first kappa shape index (κ1) is 22.8. The molecule has 0 bridgehead atoms. The molecule has 1 aliphatic rings. The summed E-state index contributed by atoms with van der Waals surface area (Å²) in [5.74, 6) is -0.888. The number of nitrogens with zero attached hydrogens (tertiary/aromatic N) is 1. The normalized spacial score (nSPS) is 14.5. The van der Waals surface area contributed by atoms with Gasteiger partial charge in [-0.15, -0.1) is 0 Å². The minimum Gasteiger partial charge on any atom is -0.493 e. The zero-order valence-corrected chi connectivity index (χ0v) is 19.6. The Hall–Kier alpha value is -3.36. The molecule has 0 atom stereocenters. The number of anilines is 1. The van der Waals surface area contributed by atoms with Crippen molar-refractivity contribution in [2.24, 2.45) is 0 Å². The minimum atomic E-state index is -0.544. The van der Waals surface area contributed by atoms with E-state index in [9.17, 15) is 14.0 Å². The third-order valence-electron chi connectivity index (χ3n) is 4.85. The van der Waals surface area contributed by atoms with E-state index in [4.69, 9.17) is 21.1 Å². The summed E-state index contributed by atoms with van der Waals surface area (Å²) < 4.78 is 25.1. The summed E-state index contributed by atoms with van der Waals surface area (Å²) in [6, 6.07) is 16.4. The van der Waals surface area contributed by atoms with Gasteiger partial charge in [0, 0.05) is 4.47 Å². The fraction of sp³-hybridized carbons (Fsp3) is 0.0833. The van der Waals surface area contributed by atoms with Gasteiger partial charge in [0.05, 0.1) is 12.8 Å². The predicted molar refractivity (Wildman–Crippen MR) is 126 cm³/mol. The average Bonchev–Trinajstić information content (AvgIpc) is 3.10. The quantitative estimate of drug-likeness (QED) is 0.347. The number of amides is 2. The first-order chi connectivity index (χ1) is 15.9. The SMILES string of the molecule is COc1cc(/C=C2/C(=O)NN(c3ccccc3)C2=O)c(Br)c(Cl)c1OCc1cccc(F)c1. The van der Waals surface area contributed by atoms with Gasteiger partial charge in [-0.2, -0.15) is 0 Å². The van der Waals surface area contributed by atoms with Gasteiger partial charge in [0.1, 0.15) is 23.0 Å². The van der Waals surface area contributed by atoms with E-state index in [0.29, 0.717) is 21.3 Å². The van der Waals surface area contributed by atoms with Gasteiger partial charge in [0.25, 0.3) is 11.8 Å². The zero-order chi connectivity index (χ0) is 23.5. The molecular weight excluding hydrogens is 515 g/mol. The van der Waals surface area contributed by atoms with Crippen LogP contribution in [0.1, 0.15) is 11.1 Å². The van der Waals surface area contributed by atoms with Crippen molar-refractivity contribution in [3.05, 3.63) is 92.7 Å². The first-order valence-corrected chi connectivity index (χ1v) is 10.9. The summed E-state index contributed by atoms with van der Waals surface area (Å²) in [4.78, 5) is 25.4. The highest BCUT2D eigenvalue weighted by molar-refractivity contribution is 9.10. The lowest BCUT2D eigenvalue weighted by molar-refractivity contribution is -0.117. The molecule has 0 aliphatic carbocycles. The Morgan fingerprint density at radius 2 is 1.88 bits per heavy atom. The van der Waals surface area contributed by atoms with Crippen LogP contribution in [0, 0.1) is 5.82 Å². The molecule has 6 nitrogen and oxygen atoms in total. The van der Waals surface area contributed by atoms with E-state index in [1.807, 2.05) is 6.07 Å². The molecule has 0 spiro atoms. The van der Waals surface area contributed by atoms with Gasteiger partial charge in [-0.25, -0.2) is 9.40 Å². The Bertz CT molecular complexity index is 1270. The zero-order valence-electron chi connectivity index (χ0n) is 17.3. The second-order valence-corrected chi connectivity index (χ2v) is 8.19. The number of rotatable bonds is 6. The summed E-state index contributed by atoms with van der Waals surface area (Å²) in [5.41, 5.74) is 4.09. The van der Waals surface area contributed by atoms with E-state index in [2.05, 4.69) is 21.4 Å². The Kier molecular flexibility index (Phi) is 6.67. The van der Waals surface area contributed by atoms with Gasteiger partial charge in [-0.05, 0) is 63.5 Å². The highest BCUT2D eigenvalue weighted by atomic mass is 79.9. The van der Waals surface area contributed by atoms with Gasteiger partial charge >= 0.3 is 0 Å². The molecular formula is C24H17BrClFN2O4. The molecule has 1 N–H and O–H groups in total. The summed E-state index contributed by atoms with van der Waals surface area (Å²) in [7, 11) is 1.44. The van der Waals surface area contributed by atoms with Crippen LogP contribution < -0.4 is 19.9 Å². The van der Waals surface area contributed by atoms with E-state index in [1.165, 1.54) is 30.3 Å². The Labute approximate surface area is 202 Å². The number of hydrogen-bond donors (Lipinski definition) is 1. The monoisotopic (exact) mass is 530 g/mol. The largest absolute Gasteiger partial charge is 0.493 e. The molecule has 1 fully saturated rings. The maximum atomic E-state index is 13.4. The summed E-state index contributed by atoms with van der Waals surface area (Å²) in [6.07, 6.45) is 1.43. The number of nitrogens with one attached hydrogen (secondary N) is 1. The molecule has 9 heteroatoms. The number of para-hydroxylation sites is 1. The number of hydrogen-bond acceptors (Lipinski definition) is 4. The van der Waals surface area contributed by atoms with E-state index in [0.717, 1.165) is 0 Å². The van der Waals surface area contributed by atoms with Crippen molar-refractivity contribution in [1.82, 2.24) is 5.43 Å². The molecule has 1 heterocycles. The minimum absolute atomic E-state index is 0.0631. The highest BCUT2D eigenvalue weighted by Gasteiger charge is 2.34. The van der Waals surface area contributed by atoms with Crippen LogP contribution in [0.3, 0.4) is 0 Å². The molecule has 33 heavy (non-hydrogen) atoms. The fourth-order valence-electron chi connectivity index (χ4n) is 3.25. The summed E-state index contributed by atoms with van der Waals surface area (Å²) in [6.45, 7) is 0.0631. The number of halogens is 3. The van der Waals surface area contributed by atoms with E-state index in [1.54, 1.807) is 42.5 Å². The van der Waals surface area contributed by atoms with E-state index >= 15 is 0 Å². The Morgan fingerprint density at radius 3 is 2.58 bits per heavy atom. The van der Waals surface area contributed by atoms with Crippen LogP contribution in [-0.2, 0) is 16.2 Å². The van der Waals surface area contributed by atoms with Crippen molar-refractivity contribution < 1.29 is 23.5 Å². The van der Waals surface area contributed by atoms with Crippen molar-refractivity contribution in [2.75, 3.05) is 12.1 Å². The number of methoxy groups -OCH3 is 1. The van der Waals surface area contributed by atoms with Crippen LogP contribution in [0.2, 0.25) is 5.02 Å². The van der Waals surface area contributed by atoms with Gasteiger partial charge < -0.3 is 9.47 Å². The van der Waals surface area contributed by atoms with Crippen LogP contribution in [0.5, 0.6) is 11.5 Å². The fourth-order valence-corrected chi connectivity index (χ4v) is 3.92. The molecule has 168 valence electrons. The second-order valence-electron chi connectivity index (χ2n) is 7.02. The third-order valence-corrected chi connectivity index (χ3v) is 6.30.